The summed E-state index contributed by atoms with van der Waals surface area (Å²) in [6.07, 6.45) is 1.50. The highest BCUT2D eigenvalue weighted by Crippen LogP contribution is 2.19. The third-order valence-electron chi connectivity index (χ3n) is 4.83. The molecule has 152 valence electrons. The van der Waals surface area contributed by atoms with E-state index in [1.807, 2.05) is 32.0 Å². The van der Waals surface area contributed by atoms with Crippen LogP contribution in [0, 0.1) is 19.7 Å². The fourth-order valence-electron chi connectivity index (χ4n) is 3.61. The molecule has 0 spiro atoms. The summed E-state index contributed by atoms with van der Waals surface area (Å²) in [7, 11) is 1.62. The molecule has 2 heterocycles. The van der Waals surface area contributed by atoms with E-state index < -0.39 is 23.0 Å². The fourth-order valence-corrected chi connectivity index (χ4v) is 3.61. The Kier molecular flexibility index (Phi) is 4.62. The minimum atomic E-state index is -0.717. The van der Waals surface area contributed by atoms with E-state index in [9.17, 15) is 18.8 Å². The molecule has 1 amide bonds. The van der Waals surface area contributed by atoms with Gasteiger partial charge in [0.25, 0.3) is 11.5 Å². The first-order valence-electron chi connectivity index (χ1n) is 9.24. The largest absolute Gasteiger partial charge is 0.344 e. The van der Waals surface area contributed by atoms with Gasteiger partial charge in [0.15, 0.2) is 0 Å². The number of aryl methyl sites for hydroxylation is 3. The van der Waals surface area contributed by atoms with Crippen LogP contribution in [-0.2, 0) is 7.05 Å². The summed E-state index contributed by atoms with van der Waals surface area (Å²) in [4.78, 5) is 41.2. The van der Waals surface area contributed by atoms with Gasteiger partial charge < -0.3 is 14.9 Å². The van der Waals surface area contributed by atoms with E-state index in [0.717, 1.165) is 15.7 Å². The highest BCUT2D eigenvalue weighted by molar-refractivity contribution is 6.11. The number of rotatable bonds is 3. The number of carbonyl (C=O) groups is 1. The zero-order chi connectivity index (χ0) is 21.6. The number of nitrogens with one attached hydrogen (secondary N) is 2. The quantitative estimate of drug-likeness (QED) is 0.548. The first-order chi connectivity index (χ1) is 14.2. The van der Waals surface area contributed by atoms with Gasteiger partial charge in [0, 0.05) is 18.9 Å². The molecule has 30 heavy (non-hydrogen) atoms. The highest BCUT2D eigenvalue weighted by atomic mass is 19.1. The number of hydrogen-bond acceptors (Lipinski definition) is 3. The molecule has 0 bridgehead atoms. The van der Waals surface area contributed by atoms with Crippen LogP contribution in [0.15, 0.2) is 58.3 Å². The number of amides is 1. The van der Waals surface area contributed by atoms with Crippen LogP contribution in [0.5, 0.6) is 0 Å². The summed E-state index contributed by atoms with van der Waals surface area (Å²) in [5, 5.41) is 2.81. The molecule has 0 fully saturated rings. The molecule has 4 rings (SSSR count). The molecule has 0 aliphatic rings. The summed E-state index contributed by atoms with van der Waals surface area (Å²) in [6.45, 7) is 3.85. The van der Waals surface area contributed by atoms with E-state index in [0.29, 0.717) is 5.69 Å². The van der Waals surface area contributed by atoms with E-state index in [2.05, 4.69) is 10.3 Å². The van der Waals surface area contributed by atoms with Crippen molar-refractivity contribution in [1.29, 1.82) is 0 Å². The maximum Gasteiger partial charge on any atom is 0.333 e. The van der Waals surface area contributed by atoms with Gasteiger partial charge >= 0.3 is 5.69 Å². The highest BCUT2D eigenvalue weighted by Gasteiger charge is 2.20. The summed E-state index contributed by atoms with van der Waals surface area (Å²) in [6, 6.07) is 10.7. The monoisotopic (exact) mass is 406 g/mol. The molecule has 0 aliphatic carbocycles. The minimum absolute atomic E-state index is 0.146. The predicted octanol–water partition coefficient (Wildman–Crippen LogP) is 3.03. The summed E-state index contributed by atoms with van der Waals surface area (Å²) in [5.74, 6) is -0.923. The number of hydrogen-bond donors (Lipinski definition) is 2. The van der Waals surface area contributed by atoms with E-state index in [1.165, 1.54) is 35.0 Å². The van der Waals surface area contributed by atoms with Crippen LogP contribution in [0.4, 0.5) is 10.1 Å². The van der Waals surface area contributed by atoms with E-state index in [-0.39, 0.29) is 22.3 Å². The predicted molar refractivity (Wildman–Crippen MR) is 113 cm³/mol. The second-order valence-corrected chi connectivity index (χ2v) is 7.25. The van der Waals surface area contributed by atoms with Crippen molar-refractivity contribution in [3.8, 4) is 5.69 Å². The number of halogens is 1. The molecule has 8 heteroatoms. The molecule has 2 aromatic carbocycles. The van der Waals surface area contributed by atoms with E-state index >= 15 is 0 Å². The zero-order valence-corrected chi connectivity index (χ0v) is 16.6. The smallest absolute Gasteiger partial charge is 0.333 e. The Labute approximate surface area is 170 Å². The lowest BCUT2D eigenvalue weighted by Crippen LogP contribution is -2.34. The average Bonchev–Trinajstić information content (AvgIpc) is 2.99. The van der Waals surface area contributed by atoms with Crippen molar-refractivity contribution in [3.63, 3.8) is 0 Å². The van der Waals surface area contributed by atoms with Crippen LogP contribution in [0.3, 0.4) is 0 Å². The van der Waals surface area contributed by atoms with Crippen molar-refractivity contribution in [3.05, 3.63) is 92.0 Å². The van der Waals surface area contributed by atoms with Crippen molar-refractivity contribution in [2.75, 3.05) is 5.32 Å². The lowest BCUT2D eigenvalue weighted by molar-refractivity contribution is 0.102. The first kappa shape index (κ1) is 19.4. The molecule has 2 aromatic heterocycles. The molecule has 2 N–H and O–H groups in total. The Morgan fingerprint density at radius 2 is 1.67 bits per heavy atom. The molecule has 7 nitrogen and oxygen atoms in total. The van der Waals surface area contributed by atoms with Gasteiger partial charge in [-0.3, -0.25) is 9.59 Å². The van der Waals surface area contributed by atoms with Gasteiger partial charge in [-0.05, 0) is 61.4 Å². The summed E-state index contributed by atoms with van der Waals surface area (Å²) in [5.41, 5.74) is 2.00. The molecular formula is C22H19FN4O3. The third kappa shape index (κ3) is 3.32. The average molecular weight is 406 g/mol. The second-order valence-electron chi connectivity index (χ2n) is 7.25. The molecule has 0 aliphatic heterocycles. The van der Waals surface area contributed by atoms with Gasteiger partial charge in [-0.2, -0.15) is 0 Å². The van der Waals surface area contributed by atoms with Gasteiger partial charge in [-0.25, -0.2) is 13.8 Å². The van der Waals surface area contributed by atoms with Crippen molar-refractivity contribution in [2.24, 2.45) is 7.05 Å². The Morgan fingerprint density at radius 3 is 2.30 bits per heavy atom. The van der Waals surface area contributed by atoms with Crippen molar-refractivity contribution < 1.29 is 9.18 Å². The van der Waals surface area contributed by atoms with Crippen LogP contribution in [0.1, 0.15) is 21.5 Å². The van der Waals surface area contributed by atoms with Crippen LogP contribution in [0.2, 0.25) is 0 Å². The second kappa shape index (κ2) is 7.14. The SMILES string of the molecule is Cc1cc(C)cc(NC(=O)c2cn(C)c3c(=O)n(-c4ccc(F)cc4)c(=O)[nH]c23)c1. The van der Waals surface area contributed by atoms with Crippen molar-refractivity contribution >= 4 is 22.6 Å². The number of carbonyl (C=O) groups excluding carboxylic acids is 1. The number of H-pyrrole nitrogens is 1. The van der Waals surface area contributed by atoms with Gasteiger partial charge in [0.2, 0.25) is 0 Å². The van der Waals surface area contributed by atoms with Crippen LogP contribution in [0.25, 0.3) is 16.7 Å². The molecule has 0 unspecified atom stereocenters. The maximum atomic E-state index is 13.2. The number of aromatic amines is 1. The van der Waals surface area contributed by atoms with Crippen LogP contribution in [-0.4, -0.2) is 20.0 Å². The van der Waals surface area contributed by atoms with Gasteiger partial charge in [0.1, 0.15) is 11.3 Å². The molecule has 4 aromatic rings. The summed E-state index contributed by atoms with van der Waals surface area (Å²) < 4.78 is 15.6. The Balaban J connectivity index is 1.83. The number of benzene rings is 2. The Hall–Kier alpha value is -3.94. The topological polar surface area (TPSA) is 88.9 Å². The number of aromatic nitrogens is 3. The van der Waals surface area contributed by atoms with E-state index in [4.69, 9.17) is 0 Å². The standard InChI is InChI=1S/C22H19FN4O3/c1-12-8-13(2)10-15(9-12)24-20(28)17-11-26(3)19-18(17)25-22(30)27(21(19)29)16-6-4-14(23)5-7-16/h4-11H,1-3H3,(H,24,28)(H,25,30). The van der Waals surface area contributed by atoms with Crippen LogP contribution < -0.4 is 16.6 Å². The van der Waals surface area contributed by atoms with Crippen molar-refractivity contribution in [1.82, 2.24) is 14.1 Å². The molecule has 0 atom stereocenters. The molecule has 0 saturated carbocycles. The number of fused-ring (bicyclic) bond motifs is 1. The molecular weight excluding hydrogens is 387 g/mol. The normalized spacial score (nSPS) is 11.1. The number of anilines is 1. The Bertz CT molecular complexity index is 1390. The maximum absolute atomic E-state index is 13.2. The molecule has 0 saturated heterocycles. The zero-order valence-electron chi connectivity index (χ0n) is 16.6. The summed E-state index contributed by atoms with van der Waals surface area (Å²) >= 11 is 0. The third-order valence-corrected chi connectivity index (χ3v) is 4.83. The van der Waals surface area contributed by atoms with Gasteiger partial charge in [0.05, 0.1) is 16.8 Å². The molecule has 0 radical (unpaired) electrons. The lowest BCUT2D eigenvalue weighted by Gasteiger charge is -2.08. The van der Waals surface area contributed by atoms with E-state index in [1.54, 1.807) is 7.05 Å². The number of nitrogens with zero attached hydrogens (tertiary/aromatic N) is 2. The van der Waals surface area contributed by atoms with Crippen molar-refractivity contribution in [2.45, 2.75) is 13.8 Å². The van der Waals surface area contributed by atoms with Gasteiger partial charge in [-0.1, -0.05) is 6.07 Å². The fraction of sp³-hybridized carbons (Fsp3) is 0.136. The Morgan fingerprint density at radius 1 is 1.03 bits per heavy atom. The van der Waals surface area contributed by atoms with Crippen LogP contribution >= 0.6 is 0 Å². The first-order valence-corrected chi connectivity index (χ1v) is 9.24. The minimum Gasteiger partial charge on any atom is -0.344 e. The lowest BCUT2D eigenvalue weighted by atomic mass is 10.1. The van der Waals surface area contributed by atoms with Gasteiger partial charge in [-0.15, -0.1) is 0 Å².